The Morgan fingerprint density at radius 1 is 0.909 bits per heavy atom. The van der Waals surface area contributed by atoms with Crippen LogP contribution < -0.4 is 0 Å². The first-order chi connectivity index (χ1) is 10.7. The third kappa shape index (κ3) is 6.92. The van der Waals surface area contributed by atoms with Crippen molar-refractivity contribution in [3.05, 3.63) is 24.3 Å². The Hall–Kier alpha value is -1.58. The summed E-state index contributed by atoms with van der Waals surface area (Å²) in [5.41, 5.74) is 0. The molecule has 0 amide bonds. The molecule has 0 N–H and O–H groups in total. The quantitative estimate of drug-likeness (QED) is 0.331. The molecule has 1 rings (SSSR count). The van der Waals surface area contributed by atoms with Crippen LogP contribution in [0.1, 0.15) is 52.4 Å². The van der Waals surface area contributed by atoms with Crippen LogP contribution in [0.15, 0.2) is 24.3 Å². The molecular formula is C18H28O4. The molecule has 0 atom stereocenters. The number of carbonyl (C=O) groups is 2. The maximum atomic E-state index is 11.8. The maximum absolute atomic E-state index is 11.8. The number of unbranched alkanes of at least 4 members (excludes halogenated alkanes) is 3. The van der Waals surface area contributed by atoms with Gasteiger partial charge in [0.1, 0.15) is 0 Å². The molecule has 4 heteroatoms. The van der Waals surface area contributed by atoms with E-state index >= 15 is 0 Å². The summed E-state index contributed by atoms with van der Waals surface area (Å²) < 4.78 is 9.92. The van der Waals surface area contributed by atoms with Gasteiger partial charge in [-0.3, -0.25) is 9.59 Å². The van der Waals surface area contributed by atoms with E-state index in [2.05, 4.69) is 24.3 Å². The van der Waals surface area contributed by atoms with E-state index in [4.69, 9.17) is 9.47 Å². The van der Waals surface area contributed by atoms with Crippen molar-refractivity contribution in [3.8, 4) is 0 Å². The van der Waals surface area contributed by atoms with E-state index in [9.17, 15) is 9.59 Å². The van der Waals surface area contributed by atoms with E-state index in [-0.39, 0.29) is 13.2 Å². The van der Waals surface area contributed by atoms with Crippen molar-refractivity contribution in [2.24, 2.45) is 11.8 Å². The maximum Gasteiger partial charge on any atom is 0.320 e. The molecule has 4 nitrogen and oxygen atoms in total. The van der Waals surface area contributed by atoms with E-state index in [0.29, 0.717) is 12.3 Å². The van der Waals surface area contributed by atoms with Crippen molar-refractivity contribution >= 4 is 11.9 Å². The fourth-order valence-electron chi connectivity index (χ4n) is 2.57. The zero-order chi connectivity index (χ0) is 16.2. The lowest BCUT2D eigenvalue weighted by Crippen LogP contribution is -2.28. The molecule has 0 aromatic carbocycles. The molecule has 1 aliphatic carbocycles. The van der Waals surface area contributed by atoms with Crippen LogP contribution >= 0.6 is 0 Å². The summed E-state index contributed by atoms with van der Waals surface area (Å²) >= 11 is 0. The second kappa shape index (κ2) is 11.0. The highest BCUT2D eigenvalue weighted by molar-refractivity contribution is 5.94. The lowest BCUT2D eigenvalue weighted by atomic mass is 9.98. The third-order valence-electron chi connectivity index (χ3n) is 3.75. The van der Waals surface area contributed by atoms with Crippen LogP contribution in [0.4, 0.5) is 0 Å². The van der Waals surface area contributed by atoms with Crippen LogP contribution in [0, 0.1) is 11.8 Å². The highest BCUT2D eigenvalue weighted by atomic mass is 16.6. The number of ether oxygens (including phenoxy) is 2. The van der Waals surface area contributed by atoms with Crippen molar-refractivity contribution in [1.29, 1.82) is 0 Å². The van der Waals surface area contributed by atoms with E-state index in [1.807, 2.05) is 0 Å². The SMILES string of the molecule is CCOC(=O)C(CCCCCCC1C=CC=C1)C(=O)OCC. The molecule has 124 valence electrons. The molecule has 0 spiro atoms. The molecule has 0 aromatic heterocycles. The Kier molecular flexibility index (Phi) is 9.28. The Morgan fingerprint density at radius 2 is 1.45 bits per heavy atom. The standard InChI is InChI=1S/C18H28O4/c1-3-21-17(19)16(18(20)22-4-2)14-8-6-5-7-11-15-12-9-10-13-15/h9-10,12-13,15-16H,3-8,11,14H2,1-2H3. The molecule has 0 unspecified atom stereocenters. The molecule has 22 heavy (non-hydrogen) atoms. The van der Waals surface area contributed by atoms with Gasteiger partial charge < -0.3 is 9.47 Å². The second-order valence-electron chi connectivity index (χ2n) is 5.48. The number of esters is 2. The lowest BCUT2D eigenvalue weighted by Gasteiger charge is -2.14. The largest absolute Gasteiger partial charge is 0.465 e. The molecule has 0 bridgehead atoms. The summed E-state index contributed by atoms with van der Waals surface area (Å²) in [4.78, 5) is 23.6. The monoisotopic (exact) mass is 308 g/mol. The molecule has 1 aliphatic rings. The third-order valence-corrected chi connectivity index (χ3v) is 3.75. The van der Waals surface area contributed by atoms with Gasteiger partial charge in [0, 0.05) is 0 Å². The minimum absolute atomic E-state index is 0.289. The van der Waals surface area contributed by atoms with Crippen LogP contribution in [-0.2, 0) is 19.1 Å². The van der Waals surface area contributed by atoms with E-state index in [0.717, 1.165) is 19.3 Å². The first-order valence-electron chi connectivity index (χ1n) is 8.37. The van der Waals surface area contributed by atoms with Gasteiger partial charge in [-0.1, -0.05) is 50.0 Å². The van der Waals surface area contributed by atoms with Gasteiger partial charge >= 0.3 is 11.9 Å². The minimum Gasteiger partial charge on any atom is -0.465 e. The fraction of sp³-hybridized carbons (Fsp3) is 0.667. The van der Waals surface area contributed by atoms with Crippen molar-refractivity contribution in [2.45, 2.75) is 52.4 Å². The summed E-state index contributed by atoms with van der Waals surface area (Å²) in [5, 5.41) is 0. The number of carbonyl (C=O) groups excluding carboxylic acids is 2. The van der Waals surface area contributed by atoms with E-state index in [1.165, 1.54) is 12.8 Å². The molecule has 0 saturated heterocycles. The molecule has 0 radical (unpaired) electrons. The van der Waals surface area contributed by atoms with Crippen LogP contribution in [0.3, 0.4) is 0 Å². The van der Waals surface area contributed by atoms with Crippen LogP contribution in [0.25, 0.3) is 0 Å². The Morgan fingerprint density at radius 3 is 2.00 bits per heavy atom. The van der Waals surface area contributed by atoms with Crippen LogP contribution in [-0.4, -0.2) is 25.2 Å². The molecule has 0 fully saturated rings. The van der Waals surface area contributed by atoms with Gasteiger partial charge in [0.2, 0.25) is 0 Å². The molecular weight excluding hydrogens is 280 g/mol. The first kappa shape index (κ1) is 18.5. The lowest BCUT2D eigenvalue weighted by molar-refractivity contribution is -0.161. The zero-order valence-corrected chi connectivity index (χ0v) is 13.8. The van der Waals surface area contributed by atoms with Gasteiger partial charge in [-0.25, -0.2) is 0 Å². The Labute approximate surface area is 133 Å². The highest BCUT2D eigenvalue weighted by Gasteiger charge is 2.28. The molecule has 0 heterocycles. The van der Waals surface area contributed by atoms with Crippen LogP contribution in [0.2, 0.25) is 0 Å². The minimum atomic E-state index is -0.763. The van der Waals surface area contributed by atoms with Gasteiger partial charge in [0.25, 0.3) is 0 Å². The second-order valence-corrected chi connectivity index (χ2v) is 5.48. The summed E-state index contributed by atoms with van der Waals surface area (Å²) in [6.45, 7) is 4.06. The van der Waals surface area contributed by atoms with Gasteiger partial charge in [0.05, 0.1) is 13.2 Å². The van der Waals surface area contributed by atoms with Crippen molar-refractivity contribution in [1.82, 2.24) is 0 Å². The molecule has 0 aromatic rings. The number of allylic oxidation sites excluding steroid dienone is 4. The van der Waals surface area contributed by atoms with Gasteiger partial charge in [-0.2, -0.15) is 0 Å². The van der Waals surface area contributed by atoms with Crippen molar-refractivity contribution in [3.63, 3.8) is 0 Å². The zero-order valence-electron chi connectivity index (χ0n) is 13.8. The first-order valence-corrected chi connectivity index (χ1v) is 8.37. The number of hydrogen-bond acceptors (Lipinski definition) is 4. The normalized spacial score (nSPS) is 13.8. The number of rotatable bonds is 11. The predicted octanol–water partition coefficient (Wildman–Crippen LogP) is 3.81. The van der Waals surface area contributed by atoms with Crippen molar-refractivity contribution in [2.75, 3.05) is 13.2 Å². The fourth-order valence-corrected chi connectivity index (χ4v) is 2.57. The van der Waals surface area contributed by atoms with Gasteiger partial charge in [-0.15, -0.1) is 0 Å². The van der Waals surface area contributed by atoms with Gasteiger partial charge in [-0.05, 0) is 32.6 Å². The Bertz CT molecular complexity index is 368. The summed E-state index contributed by atoms with van der Waals surface area (Å²) in [6.07, 6.45) is 14.5. The number of hydrogen-bond donors (Lipinski definition) is 0. The molecule has 0 aliphatic heterocycles. The van der Waals surface area contributed by atoms with Gasteiger partial charge in [0.15, 0.2) is 5.92 Å². The average Bonchev–Trinajstić information content (AvgIpc) is 3.00. The smallest absolute Gasteiger partial charge is 0.320 e. The Balaban J connectivity index is 2.21. The van der Waals surface area contributed by atoms with Crippen LogP contribution in [0.5, 0.6) is 0 Å². The average molecular weight is 308 g/mol. The summed E-state index contributed by atoms with van der Waals surface area (Å²) in [5.74, 6) is -1.09. The highest BCUT2D eigenvalue weighted by Crippen LogP contribution is 2.19. The van der Waals surface area contributed by atoms with E-state index < -0.39 is 17.9 Å². The predicted molar refractivity (Wildman–Crippen MR) is 86.2 cm³/mol. The molecule has 0 saturated carbocycles. The van der Waals surface area contributed by atoms with Crippen molar-refractivity contribution < 1.29 is 19.1 Å². The van der Waals surface area contributed by atoms with E-state index in [1.54, 1.807) is 13.8 Å². The summed E-state index contributed by atoms with van der Waals surface area (Å²) in [7, 11) is 0. The summed E-state index contributed by atoms with van der Waals surface area (Å²) in [6, 6.07) is 0. The topological polar surface area (TPSA) is 52.6 Å².